The van der Waals surface area contributed by atoms with E-state index < -0.39 is 0 Å². The van der Waals surface area contributed by atoms with Crippen LogP contribution in [-0.2, 0) is 11.3 Å². The van der Waals surface area contributed by atoms with Crippen LogP contribution >= 0.6 is 0 Å². The highest BCUT2D eigenvalue weighted by Crippen LogP contribution is 2.19. The predicted octanol–water partition coefficient (Wildman–Crippen LogP) is 2.75. The molecule has 0 radical (unpaired) electrons. The van der Waals surface area contributed by atoms with E-state index in [0.717, 1.165) is 17.0 Å². The predicted molar refractivity (Wildman–Crippen MR) is 99.1 cm³/mol. The summed E-state index contributed by atoms with van der Waals surface area (Å²) in [5.74, 6) is 0.666. The second-order valence-electron chi connectivity index (χ2n) is 6.29. The average molecular weight is 345 g/mol. The summed E-state index contributed by atoms with van der Waals surface area (Å²) in [4.78, 5) is 27.3. The molecule has 1 aromatic carbocycles. The molecule has 4 rings (SSSR count). The molecule has 3 heterocycles. The van der Waals surface area contributed by atoms with Crippen molar-refractivity contribution in [3.8, 4) is 11.4 Å². The van der Waals surface area contributed by atoms with Crippen molar-refractivity contribution in [2.24, 2.45) is 0 Å². The number of nitrogens with one attached hydrogen (secondary N) is 1. The second-order valence-corrected chi connectivity index (χ2v) is 6.29. The van der Waals surface area contributed by atoms with E-state index in [-0.39, 0.29) is 11.9 Å². The molecule has 3 aromatic rings. The Kier molecular flexibility index (Phi) is 4.55. The summed E-state index contributed by atoms with van der Waals surface area (Å²) >= 11 is 0. The lowest BCUT2D eigenvalue weighted by atomic mass is 10.2. The molecule has 1 amide bonds. The number of benzene rings is 1. The number of amides is 1. The minimum Gasteiger partial charge on any atom is -0.349 e. The van der Waals surface area contributed by atoms with Crippen molar-refractivity contribution in [1.82, 2.24) is 19.9 Å². The molecular formula is C20H19N5O. The molecule has 1 saturated heterocycles. The number of aromatic nitrogens is 3. The fourth-order valence-corrected chi connectivity index (χ4v) is 3.09. The summed E-state index contributed by atoms with van der Waals surface area (Å²) in [5, 5.41) is 3.28. The second kappa shape index (κ2) is 7.31. The van der Waals surface area contributed by atoms with E-state index in [1.54, 1.807) is 12.4 Å². The Hall–Kier alpha value is -3.28. The van der Waals surface area contributed by atoms with Crippen LogP contribution in [0.2, 0.25) is 0 Å². The Morgan fingerprint density at radius 1 is 0.962 bits per heavy atom. The highest BCUT2D eigenvalue weighted by atomic mass is 16.2. The molecule has 1 aliphatic heterocycles. The Bertz CT molecular complexity index is 885. The van der Waals surface area contributed by atoms with Crippen LogP contribution in [0.15, 0.2) is 67.0 Å². The van der Waals surface area contributed by atoms with Gasteiger partial charge in [-0.15, -0.1) is 0 Å². The largest absolute Gasteiger partial charge is 0.349 e. The summed E-state index contributed by atoms with van der Waals surface area (Å²) in [5.41, 5.74) is 2.69. The van der Waals surface area contributed by atoms with E-state index in [2.05, 4.69) is 20.3 Å². The van der Waals surface area contributed by atoms with Gasteiger partial charge in [0.25, 0.3) is 0 Å². The number of anilines is 1. The van der Waals surface area contributed by atoms with Crippen LogP contribution in [0, 0.1) is 0 Å². The minimum absolute atomic E-state index is 0.00481. The molecule has 6 nitrogen and oxygen atoms in total. The molecule has 6 heteroatoms. The first-order valence-electron chi connectivity index (χ1n) is 8.60. The molecule has 2 aromatic heterocycles. The van der Waals surface area contributed by atoms with Gasteiger partial charge in [-0.3, -0.25) is 9.78 Å². The first-order chi connectivity index (χ1) is 12.8. The zero-order valence-electron chi connectivity index (χ0n) is 14.2. The summed E-state index contributed by atoms with van der Waals surface area (Å²) < 4.78 is 0. The van der Waals surface area contributed by atoms with Gasteiger partial charge in [-0.05, 0) is 23.8 Å². The molecule has 0 aliphatic carbocycles. The average Bonchev–Trinajstić information content (AvgIpc) is 3.02. The molecule has 130 valence electrons. The van der Waals surface area contributed by atoms with E-state index >= 15 is 0 Å². The standard InChI is InChI=1S/C20H19N5O/c26-19-12-16(14-25(19)13-15-6-2-1-3-7-15)23-20-22-11-9-18(24-20)17-8-4-5-10-21-17/h1-11,16H,12-14H2,(H,22,23,24). The van der Waals surface area contributed by atoms with Crippen molar-refractivity contribution in [3.05, 3.63) is 72.6 Å². The van der Waals surface area contributed by atoms with E-state index in [1.807, 2.05) is 59.5 Å². The summed E-state index contributed by atoms with van der Waals surface area (Å²) in [6.07, 6.45) is 3.89. The molecule has 1 atom stereocenters. The third kappa shape index (κ3) is 3.69. The van der Waals surface area contributed by atoms with E-state index in [4.69, 9.17) is 0 Å². The molecule has 26 heavy (non-hydrogen) atoms. The Labute approximate surface area is 151 Å². The summed E-state index contributed by atoms with van der Waals surface area (Å²) in [6, 6.07) is 17.6. The monoisotopic (exact) mass is 345 g/mol. The highest BCUT2D eigenvalue weighted by Gasteiger charge is 2.29. The van der Waals surface area contributed by atoms with Gasteiger partial charge in [0, 0.05) is 31.9 Å². The fourth-order valence-electron chi connectivity index (χ4n) is 3.09. The van der Waals surface area contributed by atoms with Gasteiger partial charge in [-0.25, -0.2) is 9.97 Å². The van der Waals surface area contributed by atoms with E-state index in [0.29, 0.717) is 25.5 Å². The number of carbonyl (C=O) groups excluding carboxylic acids is 1. The van der Waals surface area contributed by atoms with Crippen molar-refractivity contribution in [1.29, 1.82) is 0 Å². The van der Waals surface area contributed by atoms with E-state index in [9.17, 15) is 4.79 Å². The number of hydrogen-bond acceptors (Lipinski definition) is 5. The van der Waals surface area contributed by atoms with Crippen molar-refractivity contribution < 1.29 is 4.79 Å². The van der Waals surface area contributed by atoms with Crippen LogP contribution in [0.1, 0.15) is 12.0 Å². The number of hydrogen-bond donors (Lipinski definition) is 1. The summed E-state index contributed by atoms with van der Waals surface area (Å²) in [6.45, 7) is 1.28. The van der Waals surface area contributed by atoms with Gasteiger partial charge in [-0.2, -0.15) is 0 Å². The molecule has 1 fully saturated rings. The van der Waals surface area contributed by atoms with Gasteiger partial charge >= 0.3 is 0 Å². The molecule has 0 saturated carbocycles. The zero-order valence-corrected chi connectivity index (χ0v) is 14.2. The smallest absolute Gasteiger partial charge is 0.225 e. The fraction of sp³-hybridized carbons (Fsp3) is 0.200. The van der Waals surface area contributed by atoms with Crippen LogP contribution in [0.5, 0.6) is 0 Å². The van der Waals surface area contributed by atoms with Gasteiger partial charge < -0.3 is 10.2 Å². The lowest BCUT2D eigenvalue weighted by Crippen LogP contribution is -2.28. The van der Waals surface area contributed by atoms with Crippen molar-refractivity contribution in [2.75, 3.05) is 11.9 Å². The SMILES string of the molecule is O=C1CC(Nc2nccc(-c3ccccn3)n2)CN1Cc1ccccc1. The highest BCUT2D eigenvalue weighted by molar-refractivity contribution is 5.80. The zero-order chi connectivity index (χ0) is 17.8. The first kappa shape index (κ1) is 16.2. The Morgan fingerprint density at radius 2 is 1.81 bits per heavy atom. The molecule has 1 unspecified atom stereocenters. The maximum absolute atomic E-state index is 12.3. The molecular weight excluding hydrogens is 326 g/mol. The molecule has 0 bridgehead atoms. The Balaban J connectivity index is 1.43. The Morgan fingerprint density at radius 3 is 2.62 bits per heavy atom. The number of likely N-dealkylation sites (tertiary alicyclic amines) is 1. The maximum atomic E-state index is 12.3. The van der Waals surface area contributed by atoms with Gasteiger partial charge in [0.1, 0.15) is 0 Å². The number of pyridine rings is 1. The van der Waals surface area contributed by atoms with Gasteiger partial charge in [0.2, 0.25) is 11.9 Å². The van der Waals surface area contributed by atoms with Crippen LogP contribution in [-0.4, -0.2) is 38.3 Å². The first-order valence-corrected chi connectivity index (χ1v) is 8.60. The number of rotatable bonds is 5. The minimum atomic E-state index is 0.00481. The normalized spacial score (nSPS) is 16.7. The third-order valence-corrected chi connectivity index (χ3v) is 4.35. The van der Waals surface area contributed by atoms with Crippen LogP contribution in [0.25, 0.3) is 11.4 Å². The number of nitrogens with zero attached hydrogens (tertiary/aromatic N) is 4. The lowest BCUT2D eigenvalue weighted by molar-refractivity contribution is -0.128. The van der Waals surface area contributed by atoms with E-state index in [1.165, 1.54) is 0 Å². The molecule has 1 N–H and O–H groups in total. The van der Waals surface area contributed by atoms with Crippen molar-refractivity contribution >= 4 is 11.9 Å². The topological polar surface area (TPSA) is 71.0 Å². The third-order valence-electron chi connectivity index (χ3n) is 4.35. The van der Waals surface area contributed by atoms with Gasteiger partial charge in [0.05, 0.1) is 17.4 Å². The maximum Gasteiger partial charge on any atom is 0.225 e. The molecule has 1 aliphatic rings. The lowest BCUT2D eigenvalue weighted by Gasteiger charge is -2.17. The van der Waals surface area contributed by atoms with Crippen LogP contribution in [0.3, 0.4) is 0 Å². The molecule has 0 spiro atoms. The van der Waals surface area contributed by atoms with Crippen LogP contribution < -0.4 is 5.32 Å². The quantitative estimate of drug-likeness (QED) is 0.770. The van der Waals surface area contributed by atoms with Gasteiger partial charge in [0.15, 0.2) is 0 Å². The number of carbonyl (C=O) groups is 1. The van der Waals surface area contributed by atoms with Crippen molar-refractivity contribution in [2.45, 2.75) is 19.0 Å². The van der Waals surface area contributed by atoms with Crippen LogP contribution in [0.4, 0.5) is 5.95 Å². The van der Waals surface area contributed by atoms with Crippen molar-refractivity contribution in [3.63, 3.8) is 0 Å². The summed E-state index contributed by atoms with van der Waals surface area (Å²) in [7, 11) is 0. The van der Waals surface area contributed by atoms with Gasteiger partial charge in [-0.1, -0.05) is 36.4 Å².